The largest absolute Gasteiger partial charge is 0.173 e. The molecule has 8 heteroatoms. The van der Waals surface area contributed by atoms with E-state index in [9.17, 15) is 0 Å². The highest BCUT2D eigenvalue weighted by Crippen LogP contribution is 2.63. The number of benzene rings is 3. The second-order valence-corrected chi connectivity index (χ2v) is 26.9. The summed E-state index contributed by atoms with van der Waals surface area (Å²) in [6.07, 6.45) is 42.4. The number of aryl methyl sites for hydroxylation is 4. The summed E-state index contributed by atoms with van der Waals surface area (Å²) < 4.78 is 21.0. The minimum absolute atomic E-state index is 0.0666. The molecule has 0 atom stereocenters. The lowest BCUT2D eigenvalue weighted by Crippen LogP contribution is -2.27. The van der Waals surface area contributed by atoms with Crippen LogP contribution in [-0.2, 0) is 23.7 Å². The number of hydrogen-bond donors (Lipinski definition) is 0. The molecule has 76 heavy (non-hydrogen) atoms. The quantitative estimate of drug-likeness (QED) is 0.0385. The zero-order chi connectivity index (χ0) is 53.1. The summed E-state index contributed by atoms with van der Waals surface area (Å²) in [5.41, 5.74) is 21.8. The number of unbranched alkanes of at least 4 members (excludes halogenated alkanes) is 18. The fourth-order valence-corrected chi connectivity index (χ4v) is 17.1. The molecule has 0 fully saturated rings. The Morgan fingerprint density at radius 3 is 1.26 bits per heavy atom. The van der Waals surface area contributed by atoms with Crippen molar-refractivity contribution in [1.82, 2.24) is 17.5 Å². The Bertz CT molecular complexity index is 3010. The van der Waals surface area contributed by atoms with E-state index in [1.54, 1.807) is 11.1 Å². The molecule has 4 aromatic heterocycles. The second kappa shape index (κ2) is 27.1. The van der Waals surface area contributed by atoms with E-state index >= 15 is 0 Å². The molecular formula is C68H92N4S4. The average molecular weight is 1090 g/mol. The van der Waals surface area contributed by atoms with Crippen LogP contribution in [0, 0.1) is 13.8 Å². The first-order valence-corrected chi connectivity index (χ1v) is 34.0. The smallest absolute Gasteiger partial charge is 0.114 e. The molecule has 9 rings (SSSR count). The van der Waals surface area contributed by atoms with Gasteiger partial charge in [-0.25, -0.2) is 0 Å². The number of nitrogens with zero attached hydrogens (tertiary/aromatic N) is 4. The van der Waals surface area contributed by atoms with Crippen LogP contribution in [0.2, 0.25) is 0 Å². The fourth-order valence-electron chi connectivity index (χ4n) is 13.8. The molecule has 0 N–H and O–H groups in total. The lowest BCUT2D eigenvalue weighted by atomic mass is 9.68. The van der Waals surface area contributed by atoms with E-state index in [0.717, 1.165) is 41.3 Å². The van der Waals surface area contributed by atoms with E-state index in [0.29, 0.717) is 0 Å². The highest BCUT2D eigenvalue weighted by atomic mass is 32.1. The summed E-state index contributed by atoms with van der Waals surface area (Å²) in [6.45, 7) is 18.7. The normalized spacial score (nSPS) is 14.2. The van der Waals surface area contributed by atoms with E-state index in [4.69, 9.17) is 17.5 Å². The zero-order valence-corrected chi connectivity index (χ0v) is 51.5. The van der Waals surface area contributed by atoms with Gasteiger partial charge in [-0.2, -0.15) is 17.5 Å². The maximum absolute atomic E-state index is 5.44. The van der Waals surface area contributed by atoms with Crippen LogP contribution in [0.25, 0.3) is 66.9 Å². The topological polar surface area (TPSA) is 51.6 Å². The van der Waals surface area contributed by atoms with Gasteiger partial charge in [0.1, 0.15) is 22.1 Å². The van der Waals surface area contributed by atoms with Crippen molar-refractivity contribution in [2.24, 2.45) is 0 Å². The van der Waals surface area contributed by atoms with Crippen molar-refractivity contribution < 1.29 is 0 Å². The Kier molecular flexibility index (Phi) is 20.3. The van der Waals surface area contributed by atoms with Crippen molar-refractivity contribution in [1.29, 1.82) is 0 Å². The van der Waals surface area contributed by atoms with Crippen LogP contribution < -0.4 is 0 Å². The zero-order valence-electron chi connectivity index (χ0n) is 48.3. The first kappa shape index (κ1) is 57.1. The molecule has 0 unspecified atom stereocenters. The van der Waals surface area contributed by atoms with Crippen molar-refractivity contribution in [3.8, 4) is 32.7 Å². The van der Waals surface area contributed by atoms with Gasteiger partial charge >= 0.3 is 0 Å². The van der Waals surface area contributed by atoms with E-state index in [-0.39, 0.29) is 10.8 Å². The highest BCUT2D eigenvalue weighted by molar-refractivity contribution is 7.17. The van der Waals surface area contributed by atoms with Gasteiger partial charge < -0.3 is 0 Å². The predicted octanol–water partition coefficient (Wildman–Crippen LogP) is 22.9. The van der Waals surface area contributed by atoms with Crippen molar-refractivity contribution in [2.45, 2.75) is 259 Å². The van der Waals surface area contributed by atoms with E-state index in [1.807, 2.05) is 22.7 Å². The summed E-state index contributed by atoms with van der Waals surface area (Å²) >= 11 is 6.81. The van der Waals surface area contributed by atoms with Gasteiger partial charge in [0.15, 0.2) is 0 Å². The lowest BCUT2D eigenvalue weighted by molar-refractivity contribution is 0.397. The molecule has 4 heterocycles. The standard InChI is InChI=1S/C68H92N4S4/c1-9-15-21-27-33-49-42-48(8)73-58(49)35-36-59-50(34-28-22-16-10-2)43-60(74-59)53-46-57-62(66-64(53)70-76-72-66)52-45-54-51(44-55(52)68(57,39-31-25-19-13-5)40-32-26-20-14-6)61-56(41-47(7)63-65(61)71-75-69-63)67(54,37-29-23-17-11-3)38-30-24-18-12-4/h35-36,41-46H,9-34,37-40H2,1-8H3/b36-35+. The Labute approximate surface area is 476 Å². The molecule has 3 aromatic carbocycles. The SMILES string of the molecule is CCCCCCc1cc(C)sc1/C=C/c1sc(-c2cc3c(c4nsnc24)-c2cc4c(cc2C3(CCCCCC)CCCCCC)-c2c(cc(C)c3nsnc23)C4(CCCCCC)CCCCCC)cc1CCCCCC. The number of aromatic nitrogens is 4. The third kappa shape index (κ3) is 11.8. The predicted molar refractivity (Wildman–Crippen MR) is 338 cm³/mol. The van der Waals surface area contributed by atoms with Gasteiger partial charge in [-0.15, -0.1) is 22.7 Å². The summed E-state index contributed by atoms with van der Waals surface area (Å²) in [5.74, 6) is 0. The second-order valence-electron chi connectivity index (χ2n) is 23.4. The third-order valence-electron chi connectivity index (χ3n) is 17.9. The number of hydrogen-bond acceptors (Lipinski definition) is 8. The first-order chi connectivity index (χ1) is 37.3. The van der Waals surface area contributed by atoms with Crippen LogP contribution >= 0.6 is 46.1 Å². The maximum Gasteiger partial charge on any atom is 0.114 e. The first-order valence-electron chi connectivity index (χ1n) is 30.9. The minimum Gasteiger partial charge on any atom is -0.173 e. The Hall–Kier alpha value is -3.56. The number of rotatable bonds is 33. The monoisotopic (exact) mass is 1090 g/mol. The summed E-state index contributed by atoms with van der Waals surface area (Å²) in [4.78, 5) is 5.64. The van der Waals surface area contributed by atoms with Crippen LogP contribution in [0.4, 0.5) is 0 Å². The summed E-state index contributed by atoms with van der Waals surface area (Å²) in [6, 6.07) is 15.9. The molecule has 2 aliphatic rings. The van der Waals surface area contributed by atoms with Crippen molar-refractivity contribution >= 4 is 80.3 Å². The number of thiophene rings is 2. The molecule has 7 aromatic rings. The van der Waals surface area contributed by atoms with E-state index < -0.39 is 0 Å². The summed E-state index contributed by atoms with van der Waals surface area (Å²) in [5, 5.41) is 0. The molecule has 0 radical (unpaired) electrons. The Morgan fingerprint density at radius 1 is 0.382 bits per heavy atom. The summed E-state index contributed by atoms with van der Waals surface area (Å²) in [7, 11) is 0. The third-order valence-corrected chi connectivity index (χ3v) is 21.2. The van der Waals surface area contributed by atoms with Crippen LogP contribution in [0.1, 0.15) is 275 Å². The Balaban J connectivity index is 1.25. The molecule has 0 aliphatic heterocycles. The van der Waals surface area contributed by atoms with Crippen molar-refractivity contribution in [3.63, 3.8) is 0 Å². The van der Waals surface area contributed by atoms with Crippen LogP contribution in [0.3, 0.4) is 0 Å². The van der Waals surface area contributed by atoms with Crippen LogP contribution in [0.5, 0.6) is 0 Å². The highest BCUT2D eigenvalue weighted by Gasteiger charge is 2.50. The van der Waals surface area contributed by atoms with Crippen LogP contribution in [0.15, 0.2) is 36.4 Å². The van der Waals surface area contributed by atoms with Gasteiger partial charge in [0.25, 0.3) is 0 Å². The molecular weight excluding hydrogens is 1000 g/mol. The van der Waals surface area contributed by atoms with Gasteiger partial charge in [0.05, 0.1) is 23.5 Å². The van der Waals surface area contributed by atoms with Crippen molar-refractivity contribution in [2.75, 3.05) is 0 Å². The van der Waals surface area contributed by atoms with Gasteiger partial charge in [-0.05, 0) is 158 Å². The molecule has 408 valence electrons. The fraction of sp³-hybridized carbons (Fsp3) is 0.588. The molecule has 0 saturated heterocycles. The number of fused-ring (bicyclic) bond motifs is 10. The van der Waals surface area contributed by atoms with E-state index in [1.165, 1.54) is 272 Å². The molecule has 2 aliphatic carbocycles. The van der Waals surface area contributed by atoms with E-state index in [2.05, 4.69) is 104 Å². The molecule has 4 nitrogen and oxygen atoms in total. The van der Waals surface area contributed by atoms with Gasteiger partial charge in [0, 0.05) is 47.0 Å². The minimum atomic E-state index is -0.126. The van der Waals surface area contributed by atoms with Gasteiger partial charge in [0.2, 0.25) is 0 Å². The van der Waals surface area contributed by atoms with Gasteiger partial charge in [-0.1, -0.05) is 189 Å². The average Bonchev–Trinajstić information content (AvgIpc) is 4.37. The Morgan fingerprint density at radius 2 is 0.776 bits per heavy atom. The molecule has 0 spiro atoms. The van der Waals surface area contributed by atoms with Crippen molar-refractivity contribution in [3.05, 3.63) is 90.0 Å². The lowest BCUT2D eigenvalue weighted by Gasteiger charge is -2.35. The molecule has 0 saturated carbocycles. The van der Waals surface area contributed by atoms with Gasteiger partial charge in [-0.3, -0.25) is 0 Å². The maximum atomic E-state index is 5.44. The molecule has 0 bridgehead atoms. The molecule has 0 amide bonds. The van der Waals surface area contributed by atoms with Crippen LogP contribution in [-0.4, -0.2) is 17.5 Å².